The molecule has 0 fully saturated rings. The van der Waals surface area contributed by atoms with Crippen molar-refractivity contribution in [2.24, 2.45) is 0 Å². The highest BCUT2D eigenvalue weighted by Gasteiger charge is 2.24. The second-order valence-electron chi connectivity index (χ2n) is 3.98. The Balaban J connectivity index is 2.44. The molecule has 8 heteroatoms. The van der Waals surface area contributed by atoms with E-state index in [1.54, 1.807) is 13.1 Å². The van der Waals surface area contributed by atoms with Crippen molar-refractivity contribution in [1.82, 2.24) is 20.2 Å². The van der Waals surface area contributed by atoms with Crippen LogP contribution in [0.4, 0.5) is 5.82 Å². The van der Waals surface area contributed by atoms with Crippen LogP contribution in [-0.2, 0) is 0 Å². The Hall–Kier alpha value is -1.44. The molecule has 17 heavy (non-hydrogen) atoms. The number of aromatic nitrogens is 4. The fraction of sp³-hybridized carbons (Fsp3) is 0.444. The number of halogens is 1. The number of fused-ring (bicyclic) bond motifs is 1. The van der Waals surface area contributed by atoms with Crippen LogP contribution >= 0.6 is 11.6 Å². The van der Waals surface area contributed by atoms with Gasteiger partial charge in [0.2, 0.25) is 5.28 Å². The molecule has 0 atom stereocenters. The van der Waals surface area contributed by atoms with E-state index < -0.39 is 5.54 Å². The lowest BCUT2D eigenvalue weighted by atomic mass is 10.1. The molecule has 0 amide bonds. The van der Waals surface area contributed by atoms with Crippen molar-refractivity contribution in [2.75, 3.05) is 18.5 Å². The van der Waals surface area contributed by atoms with Gasteiger partial charge in [0, 0.05) is 0 Å². The van der Waals surface area contributed by atoms with Gasteiger partial charge in [-0.2, -0.15) is 15.1 Å². The van der Waals surface area contributed by atoms with Gasteiger partial charge in [0.15, 0.2) is 5.65 Å². The first-order valence-electron chi connectivity index (χ1n) is 4.94. The quantitative estimate of drug-likeness (QED) is 0.582. The van der Waals surface area contributed by atoms with E-state index in [1.165, 1.54) is 0 Å². The normalized spacial score (nSPS) is 12.0. The van der Waals surface area contributed by atoms with Crippen LogP contribution in [-0.4, -0.2) is 49.1 Å². The van der Waals surface area contributed by atoms with Crippen molar-refractivity contribution in [3.05, 3.63) is 11.5 Å². The minimum absolute atomic E-state index is 0.0579. The average molecular weight is 258 g/mol. The standard InChI is InChI=1S/C9H12ClN5O2/c1-9(3-16,4-17)14-6-5-2-11-15-7(5)13-8(10)12-6/h2,16-17H,3-4H2,1H3,(H2,11,12,13,14,15). The smallest absolute Gasteiger partial charge is 0.226 e. The average Bonchev–Trinajstić information content (AvgIpc) is 2.77. The number of aliphatic hydroxyl groups excluding tert-OH is 2. The lowest BCUT2D eigenvalue weighted by Crippen LogP contribution is -2.42. The molecule has 2 rings (SSSR count). The van der Waals surface area contributed by atoms with Crippen molar-refractivity contribution in [3.63, 3.8) is 0 Å². The first-order valence-corrected chi connectivity index (χ1v) is 5.32. The van der Waals surface area contributed by atoms with E-state index in [0.717, 1.165) is 0 Å². The van der Waals surface area contributed by atoms with E-state index in [1.807, 2.05) is 0 Å². The Morgan fingerprint density at radius 3 is 2.76 bits per heavy atom. The van der Waals surface area contributed by atoms with E-state index in [-0.39, 0.29) is 18.5 Å². The third-order valence-corrected chi connectivity index (χ3v) is 2.57. The number of nitrogens with zero attached hydrogens (tertiary/aromatic N) is 3. The highest BCUT2D eigenvalue weighted by molar-refractivity contribution is 6.28. The monoisotopic (exact) mass is 257 g/mol. The first kappa shape index (κ1) is 12.0. The third kappa shape index (κ3) is 2.31. The van der Waals surface area contributed by atoms with Gasteiger partial charge in [-0.15, -0.1) is 0 Å². The molecule has 0 aliphatic carbocycles. The van der Waals surface area contributed by atoms with E-state index in [9.17, 15) is 10.2 Å². The van der Waals surface area contributed by atoms with Gasteiger partial charge in [-0.25, -0.2) is 0 Å². The summed E-state index contributed by atoms with van der Waals surface area (Å²) < 4.78 is 0. The SMILES string of the molecule is CC(CO)(CO)Nc1nc(Cl)nc2[nH]ncc12. The molecule has 0 saturated heterocycles. The number of hydrogen-bond acceptors (Lipinski definition) is 6. The topological polar surface area (TPSA) is 107 Å². The highest BCUT2D eigenvalue weighted by atomic mass is 35.5. The zero-order valence-electron chi connectivity index (χ0n) is 9.11. The number of anilines is 1. The van der Waals surface area contributed by atoms with Gasteiger partial charge >= 0.3 is 0 Å². The lowest BCUT2D eigenvalue weighted by molar-refractivity contribution is 0.147. The highest BCUT2D eigenvalue weighted by Crippen LogP contribution is 2.22. The van der Waals surface area contributed by atoms with Gasteiger partial charge in [0.25, 0.3) is 0 Å². The van der Waals surface area contributed by atoms with Crippen molar-refractivity contribution >= 4 is 28.5 Å². The van der Waals surface area contributed by atoms with Crippen LogP contribution in [0.15, 0.2) is 6.20 Å². The fourth-order valence-corrected chi connectivity index (χ4v) is 1.49. The largest absolute Gasteiger partial charge is 0.394 e. The van der Waals surface area contributed by atoms with Gasteiger partial charge in [-0.1, -0.05) is 0 Å². The molecule has 2 aromatic rings. The Morgan fingerprint density at radius 2 is 2.12 bits per heavy atom. The lowest BCUT2D eigenvalue weighted by Gasteiger charge is -2.26. The predicted molar refractivity (Wildman–Crippen MR) is 62.9 cm³/mol. The van der Waals surface area contributed by atoms with Crippen LogP contribution in [0.25, 0.3) is 11.0 Å². The van der Waals surface area contributed by atoms with E-state index >= 15 is 0 Å². The van der Waals surface area contributed by atoms with Crippen LogP contribution in [0.5, 0.6) is 0 Å². The molecular weight excluding hydrogens is 246 g/mol. The molecule has 0 bridgehead atoms. The van der Waals surface area contributed by atoms with Crippen molar-refractivity contribution in [3.8, 4) is 0 Å². The van der Waals surface area contributed by atoms with Crippen molar-refractivity contribution in [2.45, 2.75) is 12.5 Å². The molecule has 2 aromatic heterocycles. The molecule has 0 spiro atoms. The van der Waals surface area contributed by atoms with Crippen molar-refractivity contribution in [1.29, 1.82) is 0 Å². The number of rotatable bonds is 4. The van der Waals surface area contributed by atoms with E-state index in [0.29, 0.717) is 16.9 Å². The number of aliphatic hydroxyl groups is 2. The minimum Gasteiger partial charge on any atom is -0.394 e. The minimum atomic E-state index is -0.887. The summed E-state index contributed by atoms with van der Waals surface area (Å²) in [5.41, 5.74) is -0.396. The van der Waals surface area contributed by atoms with Gasteiger partial charge in [0.1, 0.15) is 5.82 Å². The first-order chi connectivity index (χ1) is 8.08. The summed E-state index contributed by atoms with van der Waals surface area (Å²) in [7, 11) is 0. The predicted octanol–water partition coefficient (Wildman–Crippen LogP) is 0.161. The molecule has 2 heterocycles. The molecule has 0 radical (unpaired) electrons. The number of H-pyrrole nitrogens is 1. The zero-order valence-corrected chi connectivity index (χ0v) is 9.86. The molecule has 0 saturated carbocycles. The fourth-order valence-electron chi connectivity index (χ4n) is 1.32. The van der Waals surface area contributed by atoms with Gasteiger partial charge in [-0.3, -0.25) is 5.10 Å². The maximum absolute atomic E-state index is 9.22. The Bertz CT molecular complexity index is 525. The van der Waals surface area contributed by atoms with Crippen molar-refractivity contribution < 1.29 is 10.2 Å². The Morgan fingerprint density at radius 1 is 1.41 bits per heavy atom. The maximum atomic E-state index is 9.22. The van der Waals surface area contributed by atoms with Crippen LogP contribution < -0.4 is 5.32 Å². The summed E-state index contributed by atoms with van der Waals surface area (Å²) in [6, 6.07) is 0. The number of aromatic amines is 1. The molecule has 4 N–H and O–H groups in total. The summed E-state index contributed by atoms with van der Waals surface area (Å²) in [4.78, 5) is 7.96. The number of hydrogen-bond donors (Lipinski definition) is 4. The van der Waals surface area contributed by atoms with Crippen LogP contribution in [0.1, 0.15) is 6.92 Å². The van der Waals surface area contributed by atoms with E-state index in [2.05, 4.69) is 25.5 Å². The maximum Gasteiger partial charge on any atom is 0.226 e. The summed E-state index contributed by atoms with van der Waals surface area (Å²) in [6.07, 6.45) is 1.54. The Kier molecular flexibility index (Phi) is 3.14. The molecular formula is C9H12ClN5O2. The van der Waals surface area contributed by atoms with Crippen LogP contribution in [0, 0.1) is 0 Å². The summed E-state index contributed by atoms with van der Waals surface area (Å²) in [5.74, 6) is 0.416. The number of nitrogens with one attached hydrogen (secondary N) is 2. The molecule has 7 nitrogen and oxygen atoms in total. The van der Waals surface area contributed by atoms with Crippen LogP contribution in [0.2, 0.25) is 5.28 Å². The molecule has 0 aliphatic rings. The van der Waals surface area contributed by atoms with E-state index in [4.69, 9.17) is 11.6 Å². The Labute approximate surface area is 102 Å². The second-order valence-corrected chi connectivity index (χ2v) is 4.31. The van der Waals surface area contributed by atoms with Crippen LogP contribution in [0.3, 0.4) is 0 Å². The molecule has 0 aliphatic heterocycles. The molecule has 92 valence electrons. The zero-order chi connectivity index (χ0) is 12.5. The summed E-state index contributed by atoms with van der Waals surface area (Å²) in [5, 5.41) is 28.6. The second kappa shape index (κ2) is 4.44. The summed E-state index contributed by atoms with van der Waals surface area (Å²) in [6.45, 7) is 1.17. The summed E-state index contributed by atoms with van der Waals surface area (Å²) >= 11 is 5.76. The van der Waals surface area contributed by atoms with Gasteiger partial charge in [0.05, 0.1) is 30.3 Å². The third-order valence-electron chi connectivity index (χ3n) is 2.40. The van der Waals surface area contributed by atoms with Gasteiger partial charge < -0.3 is 15.5 Å². The van der Waals surface area contributed by atoms with Gasteiger partial charge in [-0.05, 0) is 18.5 Å². The molecule has 0 aromatic carbocycles. The molecule has 0 unspecified atom stereocenters.